The van der Waals surface area contributed by atoms with E-state index in [0.29, 0.717) is 0 Å². The largest absolute Gasteiger partial charge is 0.668 e. The zero-order valence-corrected chi connectivity index (χ0v) is 30.6. The average molecular weight is 651 g/mol. The summed E-state index contributed by atoms with van der Waals surface area (Å²) in [5.74, 6) is 0. The molecule has 0 bridgehead atoms. The lowest BCUT2D eigenvalue weighted by Gasteiger charge is -2.33. The first-order chi connectivity index (χ1) is 19.4. The molecule has 0 unspecified atom stereocenters. The van der Waals surface area contributed by atoms with E-state index in [1.807, 2.05) is 0 Å². The van der Waals surface area contributed by atoms with Gasteiger partial charge in [0.15, 0.2) is 0 Å². The Hall–Kier alpha value is -1.36. The van der Waals surface area contributed by atoms with E-state index in [2.05, 4.69) is 105 Å². The van der Waals surface area contributed by atoms with Gasteiger partial charge in [0.2, 0.25) is 16.6 Å². The molecule has 3 rings (SSSR count). The van der Waals surface area contributed by atoms with Gasteiger partial charge in [-0.3, -0.25) is 0 Å². The number of rotatable bonds is 15. The molecule has 3 aromatic carbocycles. The quantitative estimate of drug-likeness (QED) is 0.184. The van der Waals surface area contributed by atoms with Crippen LogP contribution in [-0.4, -0.2) is 77.4 Å². The minimum Gasteiger partial charge on any atom is -0.390 e. The minimum atomic E-state index is -3.18. The van der Waals surface area contributed by atoms with Crippen LogP contribution in [0, 0.1) is 0 Å². The Morgan fingerprint density at radius 1 is 0.415 bits per heavy atom. The summed E-state index contributed by atoms with van der Waals surface area (Å²) in [5.41, 5.74) is 0. The molecule has 0 aliphatic heterocycles. The van der Waals surface area contributed by atoms with Gasteiger partial charge in [0.05, 0.1) is 0 Å². The maximum atomic E-state index is 6.42. The second-order valence-corrected chi connectivity index (χ2v) is 25.7. The summed E-state index contributed by atoms with van der Waals surface area (Å²) in [6.45, 7) is 8.51. The maximum Gasteiger partial charge on any atom is 0.668 e. The van der Waals surface area contributed by atoms with Gasteiger partial charge in [0.1, 0.15) is 0 Å². The van der Waals surface area contributed by atoms with Gasteiger partial charge in [-0.05, 0) is 60.4 Å². The van der Waals surface area contributed by atoms with Gasteiger partial charge in [-0.1, -0.05) is 78.9 Å². The van der Waals surface area contributed by atoms with Gasteiger partial charge in [-0.25, -0.2) is 0 Å². The van der Waals surface area contributed by atoms with E-state index in [-0.39, 0.29) is 0 Å². The van der Waals surface area contributed by atoms with Crippen LogP contribution in [0.4, 0.5) is 0 Å². The topological polar surface area (TPSA) is 73.8 Å². The van der Waals surface area contributed by atoms with Gasteiger partial charge >= 0.3 is 18.1 Å². The first-order valence-electron chi connectivity index (χ1n) is 13.2. The molecule has 8 nitrogen and oxygen atoms in total. The Morgan fingerprint density at radius 3 is 1.00 bits per heavy atom. The first kappa shape index (κ1) is 34.1. The Morgan fingerprint density at radius 2 is 0.707 bits per heavy atom. The molecule has 0 fully saturated rings. The smallest absolute Gasteiger partial charge is 0.390 e. The van der Waals surface area contributed by atoms with Crippen molar-refractivity contribution in [3.63, 3.8) is 0 Å². The van der Waals surface area contributed by atoms with Crippen molar-refractivity contribution in [2.45, 2.75) is 26.2 Å². The van der Waals surface area contributed by atoms with Gasteiger partial charge in [-0.15, -0.1) is 0 Å². The van der Waals surface area contributed by atoms with Crippen LogP contribution in [0.2, 0.25) is 26.2 Å². The zero-order chi connectivity index (χ0) is 30.3. The molecular weight excluding hydrogens is 608 g/mol. The van der Waals surface area contributed by atoms with E-state index < -0.39 is 42.7 Å². The van der Waals surface area contributed by atoms with Crippen molar-refractivity contribution < 1.29 is 34.8 Å². The molecule has 0 heterocycles. The fourth-order valence-corrected chi connectivity index (χ4v) is 17.7. The van der Waals surface area contributed by atoms with E-state index >= 15 is 0 Å². The van der Waals surface area contributed by atoms with Crippen molar-refractivity contribution in [1.82, 2.24) is 0 Å². The molecule has 0 aromatic heterocycles. The standard InChI is InChI=1S/C28H43O8PSi4/c1-29-40(30-2,31-3)35-38(7,8)27-20-16-25(17-21-27)37(24-14-12-11-13-15-24)26-18-22-28(23-19-26)39(9,10)36-41(32-4,33-5)34-6/h11-23H,1-10H3. The van der Waals surface area contributed by atoms with Crippen LogP contribution >= 0.6 is 7.92 Å². The molecular formula is C28H43O8PSi4. The summed E-state index contributed by atoms with van der Waals surface area (Å²) in [6, 6.07) is 28.2. The lowest BCUT2D eigenvalue weighted by molar-refractivity contribution is 0.0482. The van der Waals surface area contributed by atoms with E-state index in [1.165, 1.54) is 15.9 Å². The number of hydrogen-bond donors (Lipinski definition) is 0. The van der Waals surface area contributed by atoms with E-state index in [1.54, 1.807) is 42.7 Å². The van der Waals surface area contributed by atoms with Gasteiger partial charge in [0.25, 0.3) is 0 Å². The molecule has 0 aliphatic rings. The SMILES string of the molecule is CO[Si](OC)(OC)O[Si](C)(C)c1ccc(P(c2ccccc2)c2ccc([Si](C)(C)O[Si](OC)(OC)OC)cc2)cc1. The molecule has 224 valence electrons. The van der Waals surface area contributed by atoms with Crippen molar-refractivity contribution in [1.29, 1.82) is 0 Å². The summed E-state index contributed by atoms with van der Waals surface area (Å²) in [7, 11) is -2.58. The lowest BCUT2D eigenvalue weighted by Crippen LogP contribution is -2.58. The van der Waals surface area contributed by atoms with E-state index in [9.17, 15) is 0 Å². The maximum absolute atomic E-state index is 6.42. The van der Waals surface area contributed by atoms with Crippen molar-refractivity contribution in [2.75, 3.05) is 42.7 Å². The molecule has 0 spiro atoms. The van der Waals surface area contributed by atoms with Gasteiger partial charge < -0.3 is 34.8 Å². The second-order valence-electron chi connectivity index (χ2n) is 10.2. The molecule has 0 N–H and O–H groups in total. The van der Waals surface area contributed by atoms with E-state index in [4.69, 9.17) is 34.8 Å². The summed E-state index contributed by atoms with van der Waals surface area (Å²) in [5, 5.41) is 6.04. The fourth-order valence-electron chi connectivity index (χ4n) is 4.54. The molecule has 0 amide bonds. The molecule has 0 saturated carbocycles. The summed E-state index contributed by atoms with van der Waals surface area (Å²) < 4.78 is 46.0. The summed E-state index contributed by atoms with van der Waals surface area (Å²) in [6.07, 6.45) is 0. The first-order valence-corrected chi connectivity index (χ1v) is 23.6. The monoisotopic (exact) mass is 650 g/mol. The van der Waals surface area contributed by atoms with Crippen molar-refractivity contribution in [2.24, 2.45) is 0 Å². The Bertz CT molecular complexity index is 1130. The third-order valence-corrected chi connectivity index (χ3v) is 21.9. The highest BCUT2D eigenvalue weighted by Gasteiger charge is 2.49. The second kappa shape index (κ2) is 14.4. The molecule has 0 saturated heterocycles. The van der Waals surface area contributed by atoms with Crippen molar-refractivity contribution >= 4 is 68.9 Å². The Labute approximate surface area is 250 Å². The van der Waals surface area contributed by atoms with Crippen LogP contribution in [0.5, 0.6) is 0 Å². The highest BCUT2D eigenvalue weighted by atomic mass is 31.1. The average Bonchev–Trinajstić information content (AvgIpc) is 3.00. The molecule has 0 radical (unpaired) electrons. The Kier molecular flexibility index (Phi) is 12.0. The van der Waals surface area contributed by atoms with Crippen molar-refractivity contribution in [3.8, 4) is 0 Å². The summed E-state index contributed by atoms with van der Waals surface area (Å²) in [4.78, 5) is 0. The van der Waals surface area contributed by atoms with Crippen LogP contribution in [0.15, 0.2) is 78.9 Å². The number of hydrogen-bond acceptors (Lipinski definition) is 8. The van der Waals surface area contributed by atoms with Gasteiger partial charge in [-0.2, -0.15) is 0 Å². The molecule has 13 heteroatoms. The van der Waals surface area contributed by atoms with Crippen LogP contribution < -0.4 is 26.3 Å². The van der Waals surface area contributed by atoms with Crippen LogP contribution in [-0.2, 0) is 34.8 Å². The Balaban J connectivity index is 1.96. The number of benzene rings is 3. The molecule has 41 heavy (non-hydrogen) atoms. The van der Waals surface area contributed by atoms with E-state index in [0.717, 1.165) is 10.4 Å². The molecule has 0 aliphatic carbocycles. The van der Waals surface area contributed by atoms with Crippen LogP contribution in [0.25, 0.3) is 0 Å². The van der Waals surface area contributed by atoms with Crippen LogP contribution in [0.1, 0.15) is 0 Å². The molecule has 0 atom stereocenters. The minimum absolute atomic E-state index is 0.796. The fraction of sp³-hybridized carbons (Fsp3) is 0.357. The predicted molar refractivity (Wildman–Crippen MR) is 175 cm³/mol. The van der Waals surface area contributed by atoms with Crippen molar-refractivity contribution in [3.05, 3.63) is 78.9 Å². The van der Waals surface area contributed by atoms with Gasteiger partial charge in [0, 0.05) is 42.7 Å². The summed E-state index contributed by atoms with van der Waals surface area (Å²) >= 11 is 0. The normalized spacial score (nSPS) is 13.1. The highest BCUT2D eigenvalue weighted by Crippen LogP contribution is 2.32. The highest BCUT2D eigenvalue weighted by molar-refractivity contribution is 7.79. The third-order valence-electron chi connectivity index (χ3n) is 6.92. The lowest BCUT2D eigenvalue weighted by atomic mass is 10.3. The zero-order valence-electron chi connectivity index (χ0n) is 25.7. The third kappa shape index (κ3) is 7.98. The van der Waals surface area contributed by atoms with Crippen LogP contribution in [0.3, 0.4) is 0 Å². The predicted octanol–water partition coefficient (Wildman–Crippen LogP) is 3.05. The molecule has 3 aromatic rings.